The third-order valence-corrected chi connectivity index (χ3v) is 2.86. The summed E-state index contributed by atoms with van der Waals surface area (Å²) in [6.45, 7) is 0.780. The number of benzene rings is 1. The van der Waals surface area contributed by atoms with Crippen LogP contribution in [0.5, 0.6) is 5.75 Å². The summed E-state index contributed by atoms with van der Waals surface area (Å²) >= 11 is 5.06. The molecule has 0 atom stereocenters. The Kier molecular flexibility index (Phi) is 2.22. The standard InChI is InChI=1S/C12H10N2OS/c16-12-7-13-6-10(14-12)8-1-2-11-9(5-8)3-4-15-11/h1-2,5-7H,3-4H2,(H,14,16). The van der Waals surface area contributed by atoms with E-state index >= 15 is 0 Å². The van der Waals surface area contributed by atoms with Crippen molar-refractivity contribution in [3.63, 3.8) is 0 Å². The zero-order valence-corrected chi connectivity index (χ0v) is 9.38. The number of H-pyrrole nitrogens is 1. The van der Waals surface area contributed by atoms with Gasteiger partial charge in [-0.2, -0.15) is 0 Å². The van der Waals surface area contributed by atoms with Gasteiger partial charge < -0.3 is 9.72 Å². The van der Waals surface area contributed by atoms with E-state index in [1.165, 1.54) is 5.56 Å². The summed E-state index contributed by atoms with van der Waals surface area (Å²) < 4.78 is 6.11. The fraction of sp³-hybridized carbons (Fsp3) is 0.167. The van der Waals surface area contributed by atoms with Crippen molar-refractivity contribution in [2.24, 2.45) is 0 Å². The number of rotatable bonds is 1. The molecule has 0 bridgehead atoms. The van der Waals surface area contributed by atoms with Crippen molar-refractivity contribution in [3.8, 4) is 17.0 Å². The van der Waals surface area contributed by atoms with Crippen molar-refractivity contribution in [2.75, 3.05) is 6.61 Å². The molecule has 0 saturated carbocycles. The maximum Gasteiger partial charge on any atom is 0.122 e. The van der Waals surface area contributed by atoms with Crippen LogP contribution in [-0.4, -0.2) is 16.6 Å². The molecule has 3 rings (SSSR count). The van der Waals surface area contributed by atoms with Crippen molar-refractivity contribution in [2.45, 2.75) is 6.42 Å². The van der Waals surface area contributed by atoms with Crippen molar-refractivity contribution in [3.05, 3.63) is 40.8 Å². The van der Waals surface area contributed by atoms with Crippen molar-refractivity contribution >= 4 is 12.2 Å². The molecule has 0 amide bonds. The highest BCUT2D eigenvalue weighted by Gasteiger charge is 2.12. The Morgan fingerprint density at radius 3 is 3.12 bits per heavy atom. The topological polar surface area (TPSA) is 37.9 Å². The zero-order chi connectivity index (χ0) is 11.0. The van der Waals surface area contributed by atoms with E-state index in [2.05, 4.69) is 16.0 Å². The SMILES string of the molecule is S=c1cncc(-c2ccc3c(c2)CCO3)[nH]1. The number of hydrogen-bond acceptors (Lipinski definition) is 3. The second-order valence-corrected chi connectivity index (χ2v) is 4.17. The lowest BCUT2D eigenvalue weighted by Gasteiger charge is -2.03. The lowest BCUT2D eigenvalue weighted by molar-refractivity contribution is 0.357. The van der Waals surface area contributed by atoms with Gasteiger partial charge in [-0.15, -0.1) is 0 Å². The largest absolute Gasteiger partial charge is 0.493 e. The van der Waals surface area contributed by atoms with Gasteiger partial charge in [-0.3, -0.25) is 4.98 Å². The Balaban J connectivity index is 2.10. The molecule has 0 spiro atoms. The van der Waals surface area contributed by atoms with E-state index in [1.54, 1.807) is 12.4 Å². The molecule has 1 aromatic carbocycles. The summed E-state index contributed by atoms with van der Waals surface area (Å²) in [5, 5.41) is 0. The molecule has 2 aromatic rings. The van der Waals surface area contributed by atoms with Crippen molar-refractivity contribution in [1.82, 2.24) is 9.97 Å². The molecule has 3 nitrogen and oxygen atoms in total. The number of fused-ring (bicyclic) bond motifs is 1. The average Bonchev–Trinajstić information content (AvgIpc) is 2.75. The van der Waals surface area contributed by atoms with Gasteiger partial charge >= 0.3 is 0 Å². The second kappa shape index (κ2) is 3.72. The predicted octanol–water partition coefficient (Wildman–Crippen LogP) is 2.74. The zero-order valence-electron chi connectivity index (χ0n) is 8.56. The van der Waals surface area contributed by atoms with Gasteiger partial charge in [-0.05, 0) is 23.8 Å². The monoisotopic (exact) mass is 230 g/mol. The minimum atomic E-state index is 0.647. The van der Waals surface area contributed by atoms with Crippen LogP contribution in [0.3, 0.4) is 0 Å². The average molecular weight is 230 g/mol. The minimum absolute atomic E-state index is 0.647. The Morgan fingerprint density at radius 2 is 2.25 bits per heavy atom. The number of aromatic nitrogens is 2. The van der Waals surface area contributed by atoms with E-state index in [-0.39, 0.29) is 0 Å². The normalized spacial score (nSPS) is 13.2. The Morgan fingerprint density at radius 1 is 1.31 bits per heavy atom. The fourth-order valence-electron chi connectivity index (χ4n) is 1.88. The maximum absolute atomic E-state index is 5.47. The van der Waals surface area contributed by atoms with Gasteiger partial charge in [-0.1, -0.05) is 12.2 Å². The van der Waals surface area contributed by atoms with Crippen LogP contribution in [0, 0.1) is 4.64 Å². The van der Waals surface area contributed by atoms with Gasteiger partial charge in [0.15, 0.2) is 0 Å². The van der Waals surface area contributed by atoms with Crippen LogP contribution >= 0.6 is 12.2 Å². The van der Waals surface area contributed by atoms with Crippen molar-refractivity contribution in [1.29, 1.82) is 0 Å². The summed E-state index contributed by atoms with van der Waals surface area (Å²) in [6, 6.07) is 6.15. The van der Waals surface area contributed by atoms with E-state index in [4.69, 9.17) is 17.0 Å². The molecule has 16 heavy (non-hydrogen) atoms. The molecule has 1 aliphatic heterocycles. The summed E-state index contributed by atoms with van der Waals surface area (Å²) in [7, 11) is 0. The first-order valence-corrected chi connectivity index (χ1v) is 5.54. The first-order valence-electron chi connectivity index (χ1n) is 5.13. The molecule has 80 valence electrons. The molecular formula is C12H10N2OS. The molecule has 2 heterocycles. The maximum atomic E-state index is 5.47. The number of nitrogens with zero attached hydrogens (tertiary/aromatic N) is 1. The van der Waals surface area contributed by atoms with Crippen LogP contribution in [0.4, 0.5) is 0 Å². The van der Waals surface area contributed by atoms with Crippen LogP contribution in [0.25, 0.3) is 11.3 Å². The lowest BCUT2D eigenvalue weighted by atomic mass is 10.1. The molecule has 0 unspecified atom stereocenters. The predicted molar refractivity (Wildman–Crippen MR) is 64.1 cm³/mol. The number of ether oxygens (including phenoxy) is 1. The Hall–Kier alpha value is -1.68. The first-order chi connectivity index (χ1) is 7.83. The van der Waals surface area contributed by atoms with Gasteiger partial charge in [0.2, 0.25) is 0 Å². The van der Waals surface area contributed by atoms with E-state index < -0.39 is 0 Å². The van der Waals surface area contributed by atoms with Gasteiger partial charge in [0.25, 0.3) is 0 Å². The molecule has 0 fully saturated rings. The summed E-state index contributed by atoms with van der Waals surface area (Å²) in [5.41, 5.74) is 3.30. The third kappa shape index (κ3) is 1.61. The highest BCUT2D eigenvalue weighted by Crippen LogP contribution is 2.29. The first kappa shape index (κ1) is 9.54. The van der Waals surface area contributed by atoms with E-state index in [0.29, 0.717) is 4.64 Å². The number of nitrogens with one attached hydrogen (secondary N) is 1. The summed E-state index contributed by atoms with van der Waals surface area (Å²) in [4.78, 5) is 7.21. The Labute approximate surface area is 98.1 Å². The highest BCUT2D eigenvalue weighted by atomic mass is 32.1. The van der Waals surface area contributed by atoms with Gasteiger partial charge in [0.1, 0.15) is 10.4 Å². The molecule has 1 aromatic heterocycles. The van der Waals surface area contributed by atoms with Gasteiger partial charge in [0, 0.05) is 12.0 Å². The molecule has 4 heteroatoms. The highest BCUT2D eigenvalue weighted by molar-refractivity contribution is 7.71. The quantitative estimate of drug-likeness (QED) is 0.765. The summed E-state index contributed by atoms with van der Waals surface area (Å²) in [6.07, 6.45) is 4.40. The lowest BCUT2D eigenvalue weighted by Crippen LogP contribution is -1.87. The number of aromatic amines is 1. The van der Waals surface area contributed by atoms with E-state index in [9.17, 15) is 0 Å². The van der Waals surface area contributed by atoms with Crippen LogP contribution < -0.4 is 4.74 Å². The number of hydrogen-bond donors (Lipinski definition) is 1. The smallest absolute Gasteiger partial charge is 0.122 e. The van der Waals surface area contributed by atoms with Crippen LogP contribution in [0.2, 0.25) is 0 Å². The van der Waals surface area contributed by atoms with E-state index in [1.807, 2.05) is 12.1 Å². The van der Waals surface area contributed by atoms with Crippen LogP contribution in [-0.2, 0) is 6.42 Å². The molecule has 1 aliphatic rings. The second-order valence-electron chi connectivity index (χ2n) is 3.73. The Bertz CT molecular complexity index is 592. The van der Waals surface area contributed by atoms with Crippen LogP contribution in [0.15, 0.2) is 30.6 Å². The van der Waals surface area contributed by atoms with Crippen molar-refractivity contribution < 1.29 is 4.74 Å². The third-order valence-electron chi connectivity index (χ3n) is 2.65. The summed E-state index contributed by atoms with van der Waals surface area (Å²) in [5.74, 6) is 0.992. The molecule has 0 radical (unpaired) electrons. The molecular weight excluding hydrogens is 220 g/mol. The van der Waals surface area contributed by atoms with E-state index in [0.717, 1.165) is 30.0 Å². The van der Waals surface area contributed by atoms with Gasteiger partial charge in [-0.25, -0.2) is 0 Å². The molecule has 0 aliphatic carbocycles. The van der Waals surface area contributed by atoms with Gasteiger partial charge in [0.05, 0.1) is 24.7 Å². The fourth-order valence-corrected chi connectivity index (χ4v) is 2.05. The molecule has 1 N–H and O–H groups in total. The van der Waals surface area contributed by atoms with Crippen LogP contribution in [0.1, 0.15) is 5.56 Å². The minimum Gasteiger partial charge on any atom is -0.493 e. The molecule has 0 saturated heterocycles.